The summed E-state index contributed by atoms with van der Waals surface area (Å²) in [6.45, 7) is 4.69. The van der Waals surface area contributed by atoms with Crippen molar-refractivity contribution in [2.75, 3.05) is 44.7 Å². The van der Waals surface area contributed by atoms with Gasteiger partial charge in [-0.15, -0.1) is 0 Å². The molecule has 1 fully saturated rings. The predicted molar refractivity (Wildman–Crippen MR) is 112 cm³/mol. The summed E-state index contributed by atoms with van der Waals surface area (Å²) in [4.78, 5) is 37.8. The second-order valence-electron chi connectivity index (χ2n) is 6.87. The van der Waals surface area contributed by atoms with Crippen LogP contribution >= 0.6 is 0 Å². The first-order valence-corrected chi connectivity index (χ1v) is 9.78. The summed E-state index contributed by atoms with van der Waals surface area (Å²) in [5.41, 5.74) is 0.654. The molecule has 0 radical (unpaired) electrons. The summed E-state index contributed by atoms with van der Waals surface area (Å²) in [6.07, 6.45) is 0.813. The van der Waals surface area contributed by atoms with Crippen LogP contribution in [0, 0.1) is 10.1 Å². The van der Waals surface area contributed by atoms with Gasteiger partial charge in [-0.2, -0.15) is 0 Å². The number of hydrogen-bond acceptors (Lipinski definition) is 6. The van der Waals surface area contributed by atoms with Gasteiger partial charge in [-0.3, -0.25) is 24.6 Å². The zero-order chi connectivity index (χ0) is 21.3. The van der Waals surface area contributed by atoms with Crippen molar-refractivity contribution in [1.82, 2.24) is 10.2 Å². The molecule has 3 rings (SSSR count). The molecular formula is C21H24N4O5. The minimum atomic E-state index is -0.560. The minimum absolute atomic E-state index is 0.143. The first kappa shape index (κ1) is 21.4. The van der Waals surface area contributed by atoms with Crippen LogP contribution in [0.1, 0.15) is 27.1 Å². The van der Waals surface area contributed by atoms with E-state index in [9.17, 15) is 19.7 Å². The van der Waals surface area contributed by atoms with Crippen molar-refractivity contribution in [3.63, 3.8) is 0 Å². The lowest BCUT2D eigenvalue weighted by atomic mass is 10.1. The van der Waals surface area contributed by atoms with E-state index >= 15 is 0 Å². The Bertz CT molecular complexity index is 912. The van der Waals surface area contributed by atoms with Gasteiger partial charge in [0.15, 0.2) is 0 Å². The average molecular weight is 412 g/mol. The quantitative estimate of drug-likeness (QED) is 0.391. The van der Waals surface area contributed by atoms with Crippen molar-refractivity contribution in [1.29, 1.82) is 0 Å². The number of nitrogens with one attached hydrogen (secondary N) is 2. The van der Waals surface area contributed by atoms with Gasteiger partial charge in [0.25, 0.3) is 17.5 Å². The van der Waals surface area contributed by atoms with E-state index in [1.807, 2.05) is 0 Å². The zero-order valence-corrected chi connectivity index (χ0v) is 16.5. The third-order valence-corrected chi connectivity index (χ3v) is 4.78. The lowest BCUT2D eigenvalue weighted by molar-refractivity contribution is -0.384. The largest absolute Gasteiger partial charge is 0.379 e. The van der Waals surface area contributed by atoms with E-state index in [0.717, 1.165) is 39.3 Å². The number of ether oxygens (including phenoxy) is 1. The molecule has 0 unspecified atom stereocenters. The van der Waals surface area contributed by atoms with E-state index in [2.05, 4.69) is 15.5 Å². The van der Waals surface area contributed by atoms with Gasteiger partial charge in [-0.1, -0.05) is 18.2 Å². The third-order valence-electron chi connectivity index (χ3n) is 4.78. The smallest absolute Gasteiger partial charge is 0.270 e. The lowest BCUT2D eigenvalue weighted by Gasteiger charge is -2.26. The lowest BCUT2D eigenvalue weighted by Crippen LogP contribution is -2.38. The van der Waals surface area contributed by atoms with Crippen LogP contribution in [-0.2, 0) is 4.74 Å². The molecular weight excluding hydrogens is 388 g/mol. The highest BCUT2D eigenvalue weighted by molar-refractivity contribution is 6.09. The molecule has 2 amide bonds. The van der Waals surface area contributed by atoms with E-state index in [1.54, 1.807) is 24.3 Å². The van der Waals surface area contributed by atoms with Gasteiger partial charge in [-0.25, -0.2) is 0 Å². The van der Waals surface area contributed by atoms with Crippen molar-refractivity contribution in [3.8, 4) is 0 Å². The number of non-ortho nitro benzene ring substituents is 1. The van der Waals surface area contributed by atoms with Gasteiger partial charge in [0.05, 0.1) is 29.4 Å². The van der Waals surface area contributed by atoms with E-state index in [1.165, 1.54) is 24.3 Å². The Morgan fingerprint density at radius 1 is 1.07 bits per heavy atom. The number of anilines is 1. The number of morpholine rings is 1. The molecule has 1 aliphatic heterocycles. The number of nitrogens with zero attached hydrogens (tertiary/aromatic N) is 2. The molecule has 0 spiro atoms. The Hall–Kier alpha value is -3.30. The summed E-state index contributed by atoms with van der Waals surface area (Å²) in [7, 11) is 0. The van der Waals surface area contributed by atoms with Crippen LogP contribution in [-0.4, -0.2) is 61.0 Å². The molecule has 1 aliphatic rings. The number of hydrogen-bond donors (Lipinski definition) is 2. The zero-order valence-electron chi connectivity index (χ0n) is 16.5. The van der Waals surface area contributed by atoms with Crippen molar-refractivity contribution in [3.05, 3.63) is 69.8 Å². The molecule has 0 saturated carbocycles. The standard InChI is InChI=1S/C21H24N4O5/c26-20(16-5-3-6-17(15-16)25(28)29)23-19-8-2-1-7-18(19)21(27)22-9-4-10-24-11-13-30-14-12-24/h1-3,5-8,15H,4,9-14H2,(H,22,27)(H,23,26). The molecule has 9 heteroatoms. The van der Waals surface area contributed by atoms with Gasteiger partial charge in [0.1, 0.15) is 0 Å². The fourth-order valence-corrected chi connectivity index (χ4v) is 3.17. The fraction of sp³-hybridized carbons (Fsp3) is 0.333. The summed E-state index contributed by atoms with van der Waals surface area (Å²) in [5.74, 6) is -0.807. The maximum absolute atomic E-state index is 12.6. The van der Waals surface area contributed by atoms with Crippen molar-refractivity contribution >= 4 is 23.2 Å². The number of amides is 2. The highest BCUT2D eigenvalue weighted by Gasteiger charge is 2.16. The SMILES string of the molecule is O=C(Nc1ccccc1C(=O)NCCCN1CCOCC1)c1cccc([N+](=O)[O-])c1. The van der Waals surface area contributed by atoms with Crippen LogP contribution in [0.5, 0.6) is 0 Å². The van der Waals surface area contributed by atoms with E-state index in [-0.39, 0.29) is 17.2 Å². The van der Waals surface area contributed by atoms with Crippen LogP contribution in [0.4, 0.5) is 11.4 Å². The van der Waals surface area contributed by atoms with Crippen LogP contribution in [0.2, 0.25) is 0 Å². The van der Waals surface area contributed by atoms with Gasteiger partial charge < -0.3 is 15.4 Å². The number of carbonyl (C=O) groups excluding carboxylic acids is 2. The van der Waals surface area contributed by atoms with Crippen molar-refractivity contribution < 1.29 is 19.2 Å². The molecule has 2 aromatic rings. The molecule has 30 heavy (non-hydrogen) atoms. The summed E-state index contributed by atoms with van der Waals surface area (Å²) >= 11 is 0. The maximum Gasteiger partial charge on any atom is 0.270 e. The van der Waals surface area contributed by atoms with Crippen LogP contribution in [0.3, 0.4) is 0 Å². The number of rotatable bonds is 8. The van der Waals surface area contributed by atoms with Gasteiger partial charge in [0, 0.05) is 37.3 Å². The predicted octanol–water partition coefficient (Wildman–Crippen LogP) is 2.30. The molecule has 2 aromatic carbocycles. The molecule has 0 bridgehead atoms. The summed E-state index contributed by atoms with van der Waals surface area (Å²) in [6, 6.07) is 12.1. The van der Waals surface area contributed by atoms with Gasteiger partial charge >= 0.3 is 0 Å². The normalized spacial score (nSPS) is 14.1. The van der Waals surface area contributed by atoms with Crippen LogP contribution in [0.25, 0.3) is 0 Å². The molecule has 9 nitrogen and oxygen atoms in total. The van der Waals surface area contributed by atoms with Crippen LogP contribution < -0.4 is 10.6 Å². The first-order valence-electron chi connectivity index (χ1n) is 9.78. The number of para-hydroxylation sites is 1. The number of nitro benzene ring substituents is 1. The molecule has 0 aliphatic carbocycles. The Morgan fingerprint density at radius 3 is 2.60 bits per heavy atom. The number of benzene rings is 2. The minimum Gasteiger partial charge on any atom is -0.379 e. The third kappa shape index (κ3) is 5.85. The first-order chi connectivity index (χ1) is 14.5. The highest BCUT2D eigenvalue weighted by atomic mass is 16.6. The maximum atomic E-state index is 12.6. The second-order valence-corrected chi connectivity index (χ2v) is 6.87. The Kier molecular flexibility index (Phi) is 7.47. The van der Waals surface area contributed by atoms with E-state index < -0.39 is 10.8 Å². The summed E-state index contributed by atoms with van der Waals surface area (Å²) in [5, 5.41) is 16.5. The van der Waals surface area contributed by atoms with Gasteiger partial charge in [0.2, 0.25) is 0 Å². The highest BCUT2D eigenvalue weighted by Crippen LogP contribution is 2.18. The molecule has 0 aromatic heterocycles. The molecule has 1 saturated heterocycles. The average Bonchev–Trinajstić information content (AvgIpc) is 2.77. The van der Waals surface area contributed by atoms with Crippen molar-refractivity contribution in [2.24, 2.45) is 0 Å². The fourth-order valence-electron chi connectivity index (χ4n) is 3.17. The number of nitro groups is 1. The summed E-state index contributed by atoms with van der Waals surface area (Å²) < 4.78 is 5.32. The monoisotopic (exact) mass is 412 g/mol. The molecule has 2 N–H and O–H groups in total. The Morgan fingerprint density at radius 2 is 1.83 bits per heavy atom. The van der Waals surface area contributed by atoms with Gasteiger partial charge in [-0.05, 0) is 31.2 Å². The van der Waals surface area contributed by atoms with E-state index in [0.29, 0.717) is 17.8 Å². The second kappa shape index (κ2) is 10.5. The molecule has 1 heterocycles. The van der Waals surface area contributed by atoms with Crippen LogP contribution in [0.15, 0.2) is 48.5 Å². The Labute approximate surface area is 174 Å². The topological polar surface area (TPSA) is 114 Å². The number of carbonyl (C=O) groups is 2. The molecule has 158 valence electrons. The van der Waals surface area contributed by atoms with Crippen molar-refractivity contribution in [2.45, 2.75) is 6.42 Å². The Balaban J connectivity index is 1.58. The molecule has 0 atom stereocenters. The van der Waals surface area contributed by atoms with E-state index in [4.69, 9.17) is 4.74 Å².